The Morgan fingerprint density at radius 3 is 2.00 bits per heavy atom. The molecule has 0 saturated heterocycles. The highest BCUT2D eigenvalue weighted by molar-refractivity contribution is 5.76. The first-order valence-electron chi connectivity index (χ1n) is 5.58. The Morgan fingerprint density at radius 2 is 1.67 bits per heavy atom. The summed E-state index contributed by atoms with van der Waals surface area (Å²) in [6.07, 6.45) is 2.77. The second-order valence-corrected chi connectivity index (χ2v) is 4.95. The van der Waals surface area contributed by atoms with E-state index in [1.165, 1.54) is 0 Å². The monoisotopic (exact) mass is 218 g/mol. The van der Waals surface area contributed by atoms with Crippen molar-refractivity contribution in [2.24, 2.45) is 11.3 Å². The van der Waals surface area contributed by atoms with Gasteiger partial charge in [0.2, 0.25) is 5.92 Å². The Balaban J connectivity index is 2.03. The molecule has 2 rings (SSSR count). The van der Waals surface area contributed by atoms with E-state index in [-0.39, 0.29) is 18.8 Å². The zero-order chi connectivity index (χ0) is 11.1. The van der Waals surface area contributed by atoms with E-state index in [0.29, 0.717) is 25.7 Å². The number of hydrogen-bond donors (Lipinski definition) is 1. The van der Waals surface area contributed by atoms with Crippen molar-refractivity contribution in [3.05, 3.63) is 0 Å². The van der Waals surface area contributed by atoms with Gasteiger partial charge < -0.3 is 5.11 Å². The molecule has 0 aromatic carbocycles. The lowest BCUT2D eigenvalue weighted by Gasteiger charge is -2.46. The minimum absolute atomic E-state index is 0.0247. The van der Waals surface area contributed by atoms with Gasteiger partial charge in [-0.1, -0.05) is 6.42 Å². The zero-order valence-electron chi connectivity index (χ0n) is 8.64. The second-order valence-electron chi connectivity index (χ2n) is 4.95. The molecular weight excluding hydrogens is 202 g/mol. The summed E-state index contributed by atoms with van der Waals surface area (Å²) in [5.41, 5.74) is -0.656. The molecule has 2 fully saturated rings. The molecule has 2 aliphatic rings. The molecule has 0 aromatic heterocycles. The number of carboxylic acid groups (broad SMARTS) is 1. The van der Waals surface area contributed by atoms with E-state index in [4.69, 9.17) is 0 Å². The van der Waals surface area contributed by atoms with Gasteiger partial charge in [-0.2, -0.15) is 0 Å². The number of aliphatic carboxylic acids is 1. The molecule has 0 unspecified atom stereocenters. The van der Waals surface area contributed by atoms with Crippen LogP contribution in [0.5, 0.6) is 0 Å². The third-order valence-electron chi connectivity index (χ3n) is 4.17. The highest BCUT2D eigenvalue weighted by Gasteiger charge is 2.52. The maximum absolute atomic E-state index is 12.9. The van der Waals surface area contributed by atoms with E-state index in [1.807, 2.05) is 0 Å². The van der Waals surface area contributed by atoms with E-state index in [0.717, 1.165) is 6.42 Å². The standard InChI is InChI=1S/C11H16F2O2/c12-11(13)6-2-8(3-7-11)10(9(14)15)4-1-5-10/h8H,1-7H2,(H,14,15). The molecule has 0 heterocycles. The predicted molar refractivity (Wildman–Crippen MR) is 50.8 cm³/mol. The molecule has 0 spiro atoms. The molecular formula is C11H16F2O2. The lowest BCUT2D eigenvalue weighted by Crippen LogP contribution is -2.46. The van der Waals surface area contributed by atoms with Crippen molar-refractivity contribution in [3.63, 3.8) is 0 Å². The van der Waals surface area contributed by atoms with Gasteiger partial charge in [0.25, 0.3) is 0 Å². The Bertz CT molecular complexity index is 262. The number of carboxylic acids is 1. The molecule has 0 aliphatic heterocycles. The maximum atomic E-state index is 12.9. The summed E-state index contributed by atoms with van der Waals surface area (Å²) >= 11 is 0. The second kappa shape index (κ2) is 3.42. The summed E-state index contributed by atoms with van der Waals surface area (Å²) in [5.74, 6) is -3.35. The SMILES string of the molecule is O=C(O)C1(C2CCC(F)(F)CC2)CCC1. The Hall–Kier alpha value is -0.670. The molecule has 0 radical (unpaired) electrons. The van der Waals surface area contributed by atoms with Gasteiger partial charge in [0.05, 0.1) is 5.41 Å². The molecule has 0 bridgehead atoms. The molecule has 0 amide bonds. The maximum Gasteiger partial charge on any atom is 0.309 e. The Morgan fingerprint density at radius 1 is 1.13 bits per heavy atom. The van der Waals surface area contributed by atoms with Gasteiger partial charge in [0.1, 0.15) is 0 Å². The van der Waals surface area contributed by atoms with Gasteiger partial charge in [0, 0.05) is 12.8 Å². The van der Waals surface area contributed by atoms with Gasteiger partial charge in [-0.25, -0.2) is 8.78 Å². The van der Waals surface area contributed by atoms with Gasteiger partial charge in [-0.15, -0.1) is 0 Å². The van der Waals surface area contributed by atoms with Crippen LogP contribution in [0, 0.1) is 11.3 Å². The fourth-order valence-electron chi connectivity index (χ4n) is 2.95. The molecule has 0 aromatic rings. The van der Waals surface area contributed by atoms with Crippen LogP contribution < -0.4 is 0 Å². The largest absolute Gasteiger partial charge is 0.481 e. The van der Waals surface area contributed by atoms with Crippen molar-refractivity contribution in [2.45, 2.75) is 50.9 Å². The first kappa shape index (κ1) is 10.8. The highest BCUT2D eigenvalue weighted by Crippen LogP contribution is 2.54. The topological polar surface area (TPSA) is 37.3 Å². The summed E-state index contributed by atoms with van der Waals surface area (Å²) in [7, 11) is 0. The lowest BCUT2D eigenvalue weighted by molar-refractivity contribution is -0.165. The van der Waals surface area contributed by atoms with Crippen molar-refractivity contribution in [1.82, 2.24) is 0 Å². The number of rotatable bonds is 2. The molecule has 0 atom stereocenters. The average Bonchev–Trinajstić information content (AvgIpc) is 2.05. The molecule has 15 heavy (non-hydrogen) atoms. The number of hydrogen-bond acceptors (Lipinski definition) is 1. The van der Waals surface area contributed by atoms with Crippen molar-refractivity contribution < 1.29 is 18.7 Å². The first-order valence-corrected chi connectivity index (χ1v) is 5.58. The highest BCUT2D eigenvalue weighted by atomic mass is 19.3. The molecule has 4 heteroatoms. The van der Waals surface area contributed by atoms with Crippen LogP contribution in [0.15, 0.2) is 0 Å². The molecule has 1 N–H and O–H groups in total. The summed E-state index contributed by atoms with van der Waals surface area (Å²) in [6, 6.07) is 0. The van der Waals surface area contributed by atoms with Crippen LogP contribution in [-0.2, 0) is 4.79 Å². The van der Waals surface area contributed by atoms with Crippen LogP contribution in [0.4, 0.5) is 8.78 Å². The van der Waals surface area contributed by atoms with E-state index in [9.17, 15) is 18.7 Å². The van der Waals surface area contributed by atoms with Gasteiger partial charge in [-0.3, -0.25) is 4.79 Å². The van der Waals surface area contributed by atoms with Crippen LogP contribution in [0.2, 0.25) is 0 Å². The van der Waals surface area contributed by atoms with Gasteiger partial charge in [-0.05, 0) is 31.6 Å². The van der Waals surface area contributed by atoms with Gasteiger partial charge >= 0.3 is 5.97 Å². The zero-order valence-corrected chi connectivity index (χ0v) is 8.64. The Kier molecular flexibility index (Phi) is 2.47. The molecule has 2 saturated carbocycles. The summed E-state index contributed by atoms with van der Waals surface area (Å²) in [5, 5.41) is 9.18. The normalized spacial score (nSPS) is 29.5. The van der Waals surface area contributed by atoms with Crippen molar-refractivity contribution in [3.8, 4) is 0 Å². The molecule has 2 aliphatic carbocycles. The van der Waals surface area contributed by atoms with Crippen LogP contribution in [0.1, 0.15) is 44.9 Å². The third kappa shape index (κ3) is 1.74. The third-order valence-corrected chi connectivity index (χ3v) is 4.17. The number of halogens is 2. The van der Waals surface area contributed by atoms with Crippen LogP contribution in [0.25, 0.3) is 0 Å². The minimum Gasteiger partial charge on any atom is -0.481 e. The number of alkyl halides is 2. The van der Waals surface area contributed by atoms with E-state index in [1.54, 1.807) is 0 Å². The fraction of sp³-hybridized carbons (Fsp3) is 0.909. The smallest absolute Gasteiger partial charge is 0.309 e. The quantitative estimate of drug-likeness (QED) is 0.773. The van der Waals surface area contributed by atoms with Crippen LogP contribution in [0.3, 0.4) is 0 Å². The lowest BCUT2D eigenvalue weighted by atomic mass is 9.57. The van der Waals surface area contributed by atoms with E-state index >= 15 is 0 Å². The van der Waals surface area contributed by atoms with Crippen molar-refractivity contribution in [2.75, 3.05) is 0 Å². The summed E-state index contributed by atoms with van der Waals surface area (Å²) < 4.78 is 25.9. The van der Waals surface area contributed by atoms with Gasteiger partial charge in [0.15, 0.2) is 0 Å². The first-order chi connectivity index (χ1) is 6.96. The Labute approximate surface area is 87.7 Å². The predicted octanol–water partition coefficient (Wildman–Crippen LogP) is 3.07. The molecule has 2 nitrogen and oxygen atoms in total. The average molecular weight is 218 g/mol. The van der Waals surface area contributed by atoms with E-state index < -0.39 is 17.3 Å². The van der Waals surface area contributed by atoms with E-state index in [2.05, 4.69) is 0 Å². The fourth-order valence-corrected chi connectivity index (χ4v) is 2.95. The van der Waals surface area contributed by atoms with Crippen molar-refractivity contribution >= 4 is 5.97 Å². The number of carbonyl (C=O) groups is 1. The van der Waals surface area contributed by atoms with Crippen molar-refractivity contribution in [1.29, 1.82) is 0 Å². The van der Waals surface area contributed by atoms with Crippen LogP contribution in [-0.4, -0.2) is 17.0 Å². The van der Waals surface area contributed by atoms with Crippen LogP contribution >= 0.6 is 0 Å². The molecule has 86 valence electrons. The summed E-state index contributed by atoms with van der Waals surface area (Å²) in [6.45, 7) is 0. The minimum atomic E-state index is -2.56. The summed E-state index contributed by atoms with van der Waals surface area (Å²) in [4.78, 5) is 11.2.